The van der Waals surface area contributed by atoms with E-state index in [1.807, 2.05) is 30.3 Å². The molecule has 0 aliphatic heterocycles. The highest BCUT2D eigenvalue weighted by Gasteiger charge is 2.20. The average Bonchev–Trinajstić information content (AvgIpc) is 2.64. The molecule has 2 aromatic rings. The molecule has 0 unspecified atom stereocenters. The van der Waals surface area contributed by atoms with Gasteiger partial charge in [0.2, 0.25) is 0 Å². The lowest BCUT2D eigenvalue weighted by molar-refractivity contribution is 0.255. The van der Waals surface area contributed by atoms with Crippen LogP contribution >= 0.6 is 11.6 Å². The highest BCUT2D eigenvalue weighted by Crippen LogP contribution is 2.28. The predicted molar refractivity (Wildman–Crippen MR) is 103 cm³/mol. The van der Waals surface area contributed by atoms with Crippen LogP contribution in [-0.2, 0) is 0 Å². The van der Waals surface area contributed by atoms with Gasteiger partial charge in [-0.1, -0.05) is 49.8 Å². The zero-order valence-electron chi connectivity index (χ0n) is 14.3. The molecule has 0 radical (unpaired) electrons. The first kappa shape index (κ1) is 17.7. The lowest BCUT2D eigenvalue weighted by atomic mass is 9.87. The van der Waals surface area contributed by atoms with Crippen LogP contribution in [0.4, 0.5) is 16.2 Å². The van der Waals surface area contributed by atoms with Gasteiger partial charge in [0, 0.05) is 23.5 Å². The molecular formula is C20H24ClN3O. The monoisotopic (exact) mass is 357 g/mol. The number of carbonyl (C=O) groups is 1. The van der Waals surface area contributed by atoms with Crippen molar-refractivity contribution in [3.63, 3.8) is 0 Å². The topological polar surface area (TPSA) is 45.2 Å². The van der Waals surface area contributed by atoms with Crippen LogP contribution in [-0.4, -0.2) is 17.6 Å². The molecule has 132 valence electrons. The molecule has 1 fully saturated rings. The second-order valence-corrected chi connectivity index (χ2v) is 7.03. The third-order valence-corrected chi connectivity index (χ3v) is 5.00. The van der Waals surface area contributed by atoms with Crippen LogP contribution in [0.3, 0.4) is 0 Å². The van der Waals surface area contributed by atoms with Crippen molar-refractivity contribution in [2.75, 3.05) is 16.8 Å². The summed E-state index contributed by atoms with van der Waals surface area (Å²) in [6.07, 6.45) is 10.9. The number of carbonyl (C=O) groups excluding carboxylic acids is 1. The Morgan fingerprint density at radius 3 is 2.76 bits per heavy atom. The van der Waals surface area contributed by atoms with Crippen LogP contribution in [0.2, 0.25) is 5.02 Å². The molecule has 0 spiro atoms. The molecule has 0 bridgehead atoms. The average molecular weight is 358 g/mol. The third-order valence-electron chi connectivity index (χ3n) is 4.76. The standard InChI is InChI=1S/C20H24ClN3O/c21-17-8-4-10-19(14-17)24(13-11-16-6-2-1-3-7-16)20(25)23-18-9-5-12-22-15-18/h4-5,8-10,12,14-16H,1-3,6-7,11,13H2,(H,23,25). The highest BCUT2D eigenvalue weighted by molar-refractivity contribution is 6.31. The van der Waals surface area contributed by atoms with E-state index in [0.29, 0.717) is 23.2 Å². The van der Waals surface area contributed by atoms with E-state index in [0.717, 1.165) is 12.1 Å². The number of urea groups is 1. The van der Waals surface area contributed by atoms with E-state index in [9.17, 15) is 4.79 Å². The molecule has 1 aromatic heterocycles. The Labute approximate surface area is 154 Å². The Morgan fingerprint density at radius 1 is 1.20 bits per heavy atom. The maximum absolute atomic E-state index is 12.8. The number of amides is 2. The fourth-order valence-corrected chi connectivity index (χ4v) is 3.59. The van der Waals surface area contributed by atoms with Crippen molar-refractivity contribution in [2.45, 2.75) is 38.5 Å². The minimum Gasteiger partial charge on any atom is -0.306 e. The van der Waals surface area contributed by atoms with Crippen LogP contribution in [0.15, 0.2) is 48.8 Å². The van der Waals surface area contributed by atoms with E-state index in [1.165, 1.54) is 32.1 Å². The predicted octanol–water partition coefficient (Wildman–Crippen LogP) is 5.74. The number of pyridine rings is 1. The number of rotatable bonds is 5. The number of hydrogen-bond donors (Lipinski definition) is 1. The quantitative estimate of drug-likeness (QED) is 0.741. The molecule has 4 nitrogen and oxygen atoms in total. The van der Waals surface area contributed by atoms with Crippen LogP contribution in [0.25, 0.3) is 0 Å². The summed E-state index contributed by atoms with van der Waals surface area (Å²) < 4.78 is 0. The van der Waals surface area contributed by atoms with Crippen LogP contribution < -0.4 is 10.2 Å². The van der Waals surface area contributed by atoms with E-state index in [1.54, 1.807) is 23.4 Å². The lowest BCUT2D eigenvalue weighted by Gasteiger charge is -2.27. The molecule has 0 saturated heterocycles. The van der Waals surface area contributed by atoms with Gasteiger partial charge in [-0.05, 0) is 42.7 Å². The van der Waals surface area contributed by atoms with Gasteiger partial charge in [-0.2, -0.15) is 0 Å². The third kappa shape index (κ3) is 5.20. The molecule has 2 amide bonds. The summed E-state index contributed by atoms with van der Waals surface area (Å²) in [5, 5.41) is 3.56. The van der Waals surface area contributed by atoms with Crippen LogP contribution in [0, 0.1) is 5.92 Å². The van der Waals surface area contributed by atoms with E-state index < -0.39 is 0 Å². The minimum absolute atomic E-state index is 0.147. The first-order valence-corrected chi connectivity index (χ1v) is 9.34. The fourth-order valence-electron chi connectivity index (χ4n) is 3.41. The number of aromatic nitrogens is 1. The van der Waals surface area contributed by atoms with Gasteiger partial charge in [-0.3, -0.25) is 9.88 Å². The summed E-state index contributed by atoms with van der Waals surface area (Å²) in [7, 11) is 0. The fraction of sp³-hybridized carbons (Fsp3) is 0.400. The molecule has 1 N–H and O–H groups in total. The Hall–Kier alpha value is -2.07. The van der Waals surface area contributed by atoms with E-state index >= 15 is 0 Å². The number of hydrogen-bond acceptors (Lipinski definition) is 2. The Bertz CT molecular complexity index is 686. The maximum atomic E-state index is 12.8. The molecule has 1 aliphatic rings. The zero-order chi connectivity index (χ0) is 17.5. The summed E-state index contributed by atoms with van der Waals surface area (Å²) in [4.78, 5) is 18.7. The SMILES string of the molecule is O=C(Nc1cccnc1)N(CCC1CCCCC1)c1cccc(Cl)c1. The van der Waals surface area contributed by atoms with Gasteiger partial charge < -0.3 is 5.32 Å². The largest absolute Gasteiger partial charge is 0.326 e. The number of nitrogens with zero attached hydrogens (tertiary/aromatic N) is 2. The van der Waals surface area contributed by atoms with Gasteiger partial charge in [-0.25, -0.2) is 4.79 Å². The Morgan fingerprint density at radius 2 is 2.04 bits per heavy atom. The van der Waals surface area contributed by atoms with Crippen molar-refractivity contribution in [3.05, 3.63) is 53.8 Å². The van der Waals surface area contributed by atoms with Gasteiger partial charge in [0.25, 0.3) is 0 Å². The molecule has 5 heteroatoms. The lowest BCUT2D eigenvalue weighted by Crippen LogP contribution is -2.36. The number of halogens is 1. The van der Waals surface area contributed by atoms with Crippen LogP contribution in [0.5, 0.6) is 0 Å². The van der Waals surface area contributed by atoms with Crippen molar-refractivity contribution < 1.29 is 4.79 Å². The second kappa shape index (κ2) is 8.86. The summed E-state index contributed by atoms with van der Waals surface area (Å²) in [6.45, 7) is 0.692. The summed E-state index contributed by atoms with van der Waals surface area (Å²) in [6, 6.07) is 11.0. The summed E-state index contributed by atoms with van der Waals surface area (Å²) >= 11 is 6.13. The highest BCUT2D eigenvalue weighted by atomic mass is 35.5. The van der Waals surface area contributed by atoms with Crippen molar-refractivity contribution in [1.82, 2.24) is 4.98 Å². The summed E-state index contributed by atoms with van der Waals surface area (Å²) in [5.41, 5.74) is 1.52. The first-order chi connectivity index (χ1) is 12.2. The molecule has 1 aliphatic carbocycles. The molecule has 1 saturated carbocycles. The smallest absolute Gasteiger partial charge is 0.306 e. The number of anilines is 2. The molecule has 0 atom stereocenters. The first-order valence-electron chi connectivity index (χ1n) is 8.96. The van der Waals surface area contributed by atoms with E-state index in [4.69, 9.17) is 11.6 Å². The van der Waals surface area contributed by atoms with Crippen molar-refractivity contribution >= 4 is 29.0 Å². The summed E-state index contributed by atoms with van der Waals surface area (Å²) in [5.74, 6) is 0.710. The van der Waals surface area contributed by atoms with Gasteiger partial charge in [0.15, 0.2) is 0 Å². The minimum atomic E-state index is -0.147. The molecule has 1 aromatic carbocycles. The van der Waals surface area contributed by atoms with Gasteiger partial charge in [0.05, 0.1) is 11.9 Å². The Kier molecular flexibility index (Phi) is 6.29. The molecule has 25 heavy (non-hydrogen) atoms. The van der Waals surface area contributed by atoms with Gasteiger partial charge >= 0.3 is 6.03 Å². The van der Waals surface area contributed by atoms with Gasteiger partial charge in [-0.15, -0.1) is 0 Å². The molecule has 3 rings (SSSR count). The normalized spacial score (nSPS) is 14.9. The Balaban J connectivity index is 1.72. The number of benzene rings is 1. The van der Waals surface area contributed by atoms with E-state index in [-0.39, 0.29) is 6.03 Å². The zero-order valence-corrected chi connectivity index (χ0v) is 15.1. The van der Waals surface area contributed by atoms with Crippen LogP contribution in [0.1, 0.15) is 38.5 Å². The number of nitrogens with one attached hydrogen (secondary N) is 1. The van der Waals surface area contributed by atoms with Gasteiger partial charge in [0.1, 0.15) is 0 Å². The molecular weight excluding hydrogens is 334 g/mol. The maximum Gasteiger partial charge on any atom is 0.326 e. The molecule has 1 heterocycles. The van der Waals surface area contributed by atoms with Crippen molar-refractivity contribution in [2.24, 2.45) is 5.92 Å². The van der Waals surface area contributed by atoms with Crippen molar-refractivity contribution in [1.29, 1.82) is 0 Å². The second-order valence-electron chi connectivity index (χ2n) is 6.60. The van der Waals surface area contributed by atoms with E-state index in [2.05, 4.69) is 10.3 Å². The van der Waals surface area contributed by atoms with Crippen molar-refractivity contribution in [3.8, 4) is 0 Å².